The minimum atomic E-state index is -0.418. The number of para-hydroxylation sites is 1. The molecule has 1 saturated heterocycles. The van der Waals surface area contributed by atoms with E-state index in [1.807, 2.05) is 54.3 Å². The zero-order valence-corrected chi connectivity index (χ0v) is 16.2. The third-order valence-electron chi connectivity index (χ3n) is 5.18. The Morgan fingerprint density at radius 3 is 2.33 bits per heavy atom. The van der Waals surface area contributed by atoms with Gasteiger partial charge in [-0.2, -0.15) is 0 Å². The van der Waals surface area contributed by atoms with Gasteiger partial charge in [-0.3, -0.25) is 13.5 Å². The lowest BCUT2D eigenvalue weighted by atomic mass is 10.1. The number of rotatable bonds is 4. The van der Waals surface area contributed by atoms with Crippen molar-refractivity contribution >= 4 is 33.2 Å². The van der Waals surface area contributed by atoms with Crippen molar-refractivity contribution in [3.05, 3.63) is 65.0 Å². The van der Waals surface area contributed by atoms with Crippen LogP contribution in [0.2, 0.25) is 0 Å². The van der Waals surface area contributed by atoms with Gasteiger partial charge in [0.05, 0.1) is 10.1 Å². The average Bonchev–Trinajstić information content (AvgIpc) is 3.06. The fourth-order valence-electron chi connectivity index (χ4n) is 3.67. The highest BCUT2D eigenvalue weighted by Gasteiger charge is 2.29. The van der Waals surface area contributed by atoms with Crippen LogP contribution in [0.1, 0.15) is 19.4 Å². The Kier molecular flexibility index (Phi) is 4.99. The summed E-state index contributed by atoms with van der Waals surface area (Å²) in [4.78, 5) is 30.1. The molecule has 0 unspecified atom stereocenters. The molecule has 1 aromatic heterocycles. The van der Waals surface area contributed by atoms with Crippen molar-refractivity contribution in [1.29, 1.82) is 0 Å². The summed E-state index contributed by atoms with van der Waals surface area (Å²) in [5, 5.41) is 0.697. The predicted octanol–water partition coefficient (Wildman–Crippen LogP) is 3.36. The van der Waals surface area contributed by atoms with Crippen LogP contribution in [0.25, 0.3) is 10.1 Å². The maximum absolute atomic E-state index is 13.2. The fraction of sp³-hybridized carbons (Fsp3) is 0.333. The number of carbonyl (C=O) groups excluding carboxylic acids is 1. The summed E-state index contributed by atoms with van der Waals surface area (Å²) >= 11 is 1.39. The van der Waals surface area contributed by atoms with Crippen LogP contribution in [0.3, 0.4) is 0 Å². The quantitative estimate of drug-likeness (QED) is 0.696. The molecule has 2 heterocycles. The molecule has 1 aliphatic rings. The molecular weight excluding hydrogens is 358 g/mol. The van der Waals surface area contributed by atoms with Crippen LogP contribution < -0.4 is 10.5 Å². The van der Waals surface area contributed by atoms with Crippen molar-refractivity contribution in [2.24, 2.45) is 0 Å². The molecule has 1 aliphatic heterocycles. The Morgan fingerprint density at radius 1 is 1.00 bits per heavy atom. The summed E-state index contributed by atoms with van der Waals surface area (Å²) in [7, 11) is 0. The molecule has 4 rings (SSSR count). The largest absolute Gasteiger partial charge is 0.368 e. The van der Waals surface area contributed by atoms with Gasteiger partial charge < -0.3 is 9.80 Å². The van der Waals surface area contributed by atoms with E-state index in [1.54, 1.807) is 3.96 Å². The third-order valence-corrected chi connectivity index (χ3v) is 6.35. The summed E-state index contributed by atoms with van der Waals surface area (Å²) in [6.45, 7) is 4.97. The van der Waals surface area contributed by atoms with Crippen molar-refractivity contribution in [3.8, 4) is 0 Å². The number of carbonyl (C=O) groups is 1. The fourth-order valence-corrected chi connectivity index (χ4v) is 4.82. The molecule has 1 atom stereocenters. The summed E-state index contributed by atoms with van der Waals surface area (Å²) < 4.78 is 2.60. The maximum atomic E-state index is 13.2. The molecule has 6 heteroatoms. The van der Waals surface area contributed by atoms with E-state index in [-0.39, 0.29) is 11.5 Å². The molecule has 5 nitrogen and oxygen atoms in total. The maximum Gasteiger partial charge on any atom is 0.269 e. The molecule has 0 spiro atoms. The van der Waals surface area contributed by atoms with Crippen LogP contribution in [0.5, 0.6) is 0 Å². The summed E-state index contributed by atoms with van der Waals surface area (Å²) in [6, 6.07) is 17.4. The smallest absolute Gasteiger partial charge is 0.269 e. The number of hydrogen-bond donors (Lipinski definition) is 0. The van der Waals surface area contributed by atoms with Crippen LogP contribution >= 0.6 is 11.5 Å². The zero-order chi connectivity index (χ0) is 18.8. The Labute approximate surface area is 162 Å². The van der Waals surface area contributed by atoms with Gasteiger partial charge in [-0.1, -0.05) is 48.8 Å². The molecule has 1 fully saturated rings. The zero-order valence-electron chi connectivity index (χ0n) is 15.4. The highest BCUT2D eigenvalue weighted by Crippen LogP contribution is 2.24. The second-order valence-corrected chi connectivity index (χ2v) is 7.81. The SMILES string of the molecule is CC[C@H](C(=O)N1CCN(c2ccccc2)CC1)n1sc2ccccc2c1=O. The van der Waals surface area contributed by atoms with Crippen molar-refractivity contribution in [1.82, 2.24) is 8.86 Å². The number of piperazine rings is 1. The Balaban J connectivity index is 1.51. The molecule has 0 bridgehead atoms. The van der Waals surface area contributed by atoms with Gasteiger partial charge >= 0.3 is 0 Å². The Hall–Kier alpha value is -2.60. The molecule has 0 N–H and O–H groups in total. The van der Waals surface area contributed by atoms with Gasteiger partial charge in [-0.15, -0.1) is 0 Å². The standard InChI is InChI=1S/C21H23N3O2S/c1-2-18(24-20(25)17-10-6-7-11-19(17)27-24)21(26)23-14-12-22(13-15-23)16-8-4-3-5-9-16/h3-11,18H,2,12-15H2,1H3/t18-/m1/s1. The topological polar surface area (TPSA) is 45.6 Å². The minimum absolute atomic E-state index is 0.0545. The van der Waals surface area contributed by atoms with E-state index in [9.17, 15) is 9.59 Å². The first-order valence-corrected chi connectivity index (χ1v) is 10.2. The van der Waals surface area contributed by atoms with E-state index in [4.69, 9.17) is 0 Å². The van der Waals surface area contributed by atoms with Gasteiger partial charge in [0.2, 0.25) is 5.91 Å². The number of fused-ring (bicyclic) bond motifs is 1. The first kappa shape index (κ1) is 17.8. The van der Waals surface area contributed by atoms with Crippen molar-refractivity contribution in [3.63, 3.8) is 0 Å². The molecule has 3 aromatic rings. The normalized spacial score (nSPS) is 15.9. The third kappa shape index (κ3) is 3.37. The molecule has 2 aromatic carbocycles. The monoisotopic (exact) mass is 381 g/mol. The van der Waals surface area contributed by atoms with Gasteiger partial charge in [0.15, 0.2) is 0 Å². The molecule has 140 valence electrons. The molecule has 0 aliphatic carbocycles. The number of anilines is 1. The van der Waals surface area contributed by atoms with Gasteiger partial charge in [-0.05, 0) is 30.7 Å². The van der Waals surface area contributed by atoms with E-state index >= 15 is 0 Å². The average molecular weight is 382 g/mol. The van der Waals surface area contributed by atoms with Gasteiger partial charge in [-0.25, -0.2) is 0 Å². The van der Waals surface area contributed by atoms with Crippen LogP contribution in [0.4, 0.5) is 5.69 Å². The van der Waals surface area contributed by atoms with Crippen LogP contribution in [-0.4, -0.2) is 40.9 Å². The lowest BCUT2D eigenvalue weighted by molar-refractivity contribution is -0.135. The van der Waals surface area contributed by atoms with Crippen LogP contribution in [0, 0.1) is 0 Å². The second kappa shape index (κ2) is 7.56. The van der Waals surface area contributed by atoms with E-state index in [2.05, 4.69) is 17.0 Å². The molecule has 0 radical (unpaired) electrons. The lowest BCUT2D eigenvalue weighted by Crippen LogP contribution is -2.51. The van der Waals surface area contributed by atoms with Crippen molar-refractivity contribution in [2.75, 3.05) is 31.1 Å². The summed E-state index contributed by atoms with van der Waals surface area (Å²) in [5.41, 5.74) is 1.14. The number of aromatic nitrogens is 1. The van der Waals surface area contributed by atoms with E-state index in [0.717, 1.165) is 17.8 Å². The molecule has 0 saturated carbocycles. The summed E-state index contributed by atoms with van der Waals surface area (Å²) in [5.74, 6) is 0.0545. The Morgan fingerprint density at radius 2 is 1.67 bits per heavy atom. The molecule has 27 heavy (non-hydrogen) atoms. The van der Waals surface area contributed by atoms with E-state index in [0.29, 0.717) is 24.9 Å². The highest BCUT2D eigenvalue weighted by molar-refractivity contribution is 7.14. The van der Waals surface area contributed by atoms with Gasteiger partial charge in [0.1, 0.15) is 6.04 Å². The molecular formula is C21H23N3O2S. The van der Waals surface area contributed by atoms with E-state index < -0.39 is 6.04 Å². The summed E-state index contributed by atoms with van der Waals surface area (Å²) in [6.07, 6.45) is 0.616. The first-order valence-electron chi connectivity index (χ1n) is 9.38. The minimum Gasteiger partial charge on any atom is -0.368 e. The van der Waals surface area contributed by atoms with E-state index in [1.165, 1.54) is 17.2 Å². The van der Waals surface area contributed by atoms with Crippen molar-refractivity contribution < 1.29 is 4.79 Å². The number of benzene rings is 2. The Bertz CT molecular complexity index is 987. The first-order chi connectivity index (χ1) is 13.2. The predicted molar refractivity (Wildman–Crippen MR) is 111 cm³/mol. The van der Waals surface area contributed by atoms with Gasteiger partial charge in [0, 0.05) is 31.9 Å². The lowest BCUT2D eigenvalue weighted by Gasteiger charge is -2.37. The van der Waals surface area contributed by atoms with Gasteiger partial charge in [0.25, 0.3) is 5.56 Å². The van der Waals surface area contributed by atoms with Crippen molar-refractivity contribution in [2.45, 2.75) is 19.4 Å². The number of hydrogen-bond acceptors (Lipinski definition) is 4. The highest BCUT2D eigenvalue weighted by atomic mass is 32.1. The number of nitrogens with zero attached hydrogens (tertiary/aromatic N) is 3. The van der Waals surface area contributed by atoms with Crippen LogP contribution in [-0.2, 0) is 4.79 Å². The van der Waals surface area contributed by atoms with Crippen LogP contribution in [0.15, 0.2) is 59.4 Å². The number of amides is 1. The second-order valence-electron chi connectivity index (χ2n) is 6.79. The molecule has 1 amide bonds.